The Morgan fingerprint density at radius 3 is 2.80 bits per heavy atom. The Hall–Kier alpha value is -0.870. The van der Waals surface area contributed by atoms with E-state index in [1.54, 1.807) is 17.0 Å². The average Bonchev–Trinajstić information content (AvgIpc) is 2.50. The van der Waals surface area contributed by atoms with Crippen LogP contribution in [-0.2, 0) is 4.79 Å². The van der Waals surface area contributed by atoms with E-state index in [9.17, 15) is 9.90 Å². The van der Waals surface area contributed by atoms with E-state index >= 15 is 0 Å². The van der Waals surface area contributed by atoms with E-state index in [0.717, 1.165) is 0 Å². The Morgan fingerprint density at radius 2 is 2.27 bits per heavy atom. The number of carbonyl (C=O) groups excluding carboxylic acids is 1. The molecule has 15 heavy (non-hydrogen) atoms. The van der Waals surface area contributed by atoms with Crippen LogP contribution in [0.4, 0.5) is 5.69 Å². The van der Waals surface area contributed by atoms with Crippen LogP contribution in [0.5, 0.6) is 5.75 Å². The van der Waals surface area contributed by atoms with Crippen molar-refractivity contribution in [1.29, 1.82) is 0 Å². The van der Waals surface area contributed by atoms with Crippen LogP contribution in [0.3, 0.4) is 0 Å². The normalized spacial score (nSPS) is 21.1. The third-order valence-electron chi connectivity index (χ3n) is 2.35. The quantitative estimate of drug-likeness (QED) is 0.742. The molecule has 1 aromatic rings. The summed E-state index contributed by atoms with van der Waals surface area (Å²) in [5, 5.41) is 9.58. The smallest absolute Gasteiger partial charge is 0.228 e. The number of hydrogen-bond donors (Lipinski definition) is 2. The first kappa shape index (κ1) is 10.6. The highest BCUT2D eigenvalue weighted by atomic mass is 35.5. The van der Waals surface area contributed by atoms with E-state index in [2.05, 4.69) is 12.6 Å². The maximum Gasteiger partial charge on any atom is 0.228 e. The van der Waals surface area contributed by atoms with Gasteiger partial charge in [-0.2, -0.15) is 12.6 Å². The van der Waals surface area contributed by atoms with E-state index in [1.807, 2.05) is 0 Å². The lowest BCUT2D eigenvalue weighted by Crippen LogP contribution is -2.24. The SMILES string of the molecule is O=C1CC(S)CN1c1ccc(O)c(Cl)c1. The Kier molecular flexibility index (Phi) is 2.80. The lowest BCUT2D eigenvalue weighted by Gasteiger charge is -2.16. The monoisotopic (exact) mass is 243 g/mol. The van der Waals surface area contributed by atoms with E-state index in [1.165, 1.54) is 6.07 Å². The summed E-state index contributed by atoms with van der Waals surface area (Å²) in [6, 6.07) is 4.74. The second-order valence-electron chi connectivity index (χ2n) is 3.50. The summed E-state index contributed by atoms with van der Waals surface area (Å²) in [5.41, 5.74) is 0.708. The third-order valence-corrected chi connectivity index (χ3v) is 3.00. The van der Waals surface area contributed by atoms with E-state index in [-0.39, 0.29) is 21.9 Å². The zero-order valence-corrected chi connectivity index (χ0v) is 9.50. The Balaban J connectivity index is 2.30. The first-order chi connectivity index (χ1) is 7.08. The second-order valence-corrected chi connectivity index (χ2v) is 4.64. The molecule has 1 fully saturated rings. The van der Waals surface area contributed by atoms with Gasteiger partial charge in [0.1, 0.15) is 5.75 Å². The molecular formula is C10H10ClNO2S. The van der Waals surface area contributed by atoms with E-state index in [0.29, 0.717) is 18.7 Å². The highest BCUT2D eigenvalue weighted by Gasteiger charge is 2.28. The minimum atomic E-state index is 0.0227. The minimum absolute atomic E-state index is 0.0227. The minimum Gasteiger partial charge on any atom is -0.506 e. The molecule has 3 nitrogen and oxygen atoms in total. The predicted octanol–water partition coefficient (Wildman–Crippen LogP) is 2.08. The van der Waals surface area contributed by atoms with Gasteiger partial charge in [-0.25, -0.2) is 0 Å². The zero-order valence-electron chi connectivity index (χ0n) is 7.85. The van der Waals surface area contributed by atoms with Crippen LogP contribution in [0.1, 0.15) is 6.42 Å². The molecule has 2 rings (SSSR count). The maximum atomic E-state index is 11.6. The lowest BCUT2D eigenvalue weighted by atomic mass is 10.3. The van der Waals surface area contributed by atoms with Gasteiger partial charge in [-0.15, -0.1) is 0 Å². The van der Waals surface area contributed by atoms with Crippen molar-refractivity contribution in [1.82, 2.24) is 0 Å². The maximum absolute atomic E-state index is 11.6. The Morgan fingerprint density at radius 1 is 1.53 bits per heavy atom. The number of amides is 1. The number of halogens is 1. The van der Waals surface area contributed by atoms with Crippen LogP contribution < -0.4 is 4.90 Å². The zero-order chi connectivity index (χ0) is 11.0. The van der Waals surface area contributed by atoms with E-state index in [4.69, 9.17) is 11.6 Å². The molecule has 0 radical (unpaired) electrons. The van der Waals surface area contributed by atoms with Gasteiger partial charge in [-0.1, -0.05) is 11.6 Å². The summed E-state index contributed by atoms with van der Waals surface area (Å²) in [7, 11) is 0. The summed E-state index contributed by atoms with van der Waals surface area (Å²) >= 11 is 10.0. The van der Waals surface area contributed by atoms with Crippen molar-refractivity contribution >= 4 is 35.8 Å². The number of thiol groups is 1. The molecule has 1 aliphatic rings. The van der Waals surface area contributed by atoms with Crippen molar-refractivity contribution < 1.29 is 9.90 Å². The number of nitrogens with zero attached hydrogens (tertiary/aromatic N) is 1. The predicted molar refractivity (Wildman–Crippen MR) is 62.9 cm³/mol. The van der Waals surface area contributed by atoms with Gasteiger partial charge in [0.15, 0.2) is 0 Å². The summed E-state index contributed by atoms with van der Waals surface area (Å²) in [5.74, 6) is 0.0613. The number of anilines is 1. The molecule has 1 aliphatic heterocycles. The van der Waals surface area contributed by atoms with Crippen molar-refractivity contribution in [3.63, 3.8) is 0 Å². The molecule has 0 aromatic heterocycles. The Bertz CT molecular complexity index is 410. The molecule has 1 heterocycles. The van der Waals surface area contributed by atoms with Crippen molar-refractivity contribution in [3.8, 4) is 5.75 Å². The number of carbonyl (C=O) groups is 1. The fourth-order valence-electron chi connectivity index (χ4n) is 1.60. The summed E-state index contributed by atoms with van der Waals surface area (Å²) in [6.07, 6.45) is 0.446. The number of phenols is 1. The number of phenolic OH excluding ortho intramolecular Hbond substituents is 1. The fourth-order valence-corrected chi connectivity index (χ4v) is 2.10. The van der Waals surface area contributed by atoms with Gasteiger partial charge in [0.25, 0.3) is 0 Å². The molecule has 0 spiro atoms. The van der Waals surface area contributed by atoms with Crippen LogP contribution in [0.15, 0.2) is 18.2 Å². The topological polar surface area (TPSA) is 40.5 Å². The molecule has 80 valence electrons. The fraction of sp³-hybridized carbons (Fsp3) is 0.300. The standard InChI is InChI=1S/C10H10ClNO2S/c11-8-3-6(1-2-9(8)13)12-5-7(15)4-10(12)14/h1-3,7,13,15H,4-5H2. The summed E-state index contributed by atoms with van der Waals surface area (Å²) < 4.78 is 0. The van der Waals surface area contributed by atoms with Crippen molar-refractivity contribution in [2.24, 2.45) is 0 Å². The van der Waals surface area contributed by atoms with Crippen LogP contribution in [0, 0.1) is 0 Å². The van der Waals surface area contributed by atoms with Crippen LogP contribution in [0.2, 0.25) is 5.02 Å². The van der Waals surface area contributed by atoms with Gasteiger partial charge in [0.2, 0.25) is 5.91 Å². The van der Waals surface area contributed by atoms with Gasteiger partial charge < -0.3 is 10.0 Å². The molecule has 0 saturated carbocycles. The average molecular weight is 244 g/mol. The van der Waals surface area contributed by atoms with Crippen LogP contribution in [0.25, 0.3) is 0 Å². The first-order valence-electron chi connectivity index (χ1n) is 4.55. The van der Waals surface area contributed by atoms with Gasteiger partial charge in [0, 0.05) is 23.9 Å². The molecule has 5 heteroatoms. The third kappa shape index (κ3) is 2.06. The molecular weight excluding hydrogens is 234 g/mol. The number of aromatic hydroxyl groups is 1. The highest BCUT2D eigenvalue weighted by Crippen LogP contribution is 2.31. The van der Waals surface area contributed by atoms with Crippen molar-refractivity contribution in [3.05, 3.63) is 23.2 Å². The number of rotatable bonds is 1. The first-order valence-corrected chi connectivity index (χ1v) is 5.44. The van der Waals surface area contributed by atoms with Crippen molar-refractivity contribution in [2.75, 3.05) is 11.4 Å². The number of hydrogen-bond acceptors (Lipinski definition) is 3. The van der Waals surface area contributed by atoms with Gasteiger partial charge in [-0.3, -0.25) is 4.79 Å². The molecule has 1 amide bonds. The summed E-state index contributed by atoms with van der Waals surface area (Å²) in [6.45, 7) is 0.586. The molecule has 1 N–H and O–H groups in total. The molecule has 0 bridgehead atoms. The molecule has 1 aromatic carbocycles. The van der Waals surface area contributed by atoms with E-state index < -0.39 is 0 Å². The van der Waals surface area contributed by atoms with Crippen LogP contribution in [-0.4, -0.2) is 22.8 Å². The number of benzene rings is 1. The highest BCUT2D eigenvalue weighted by molar-refractivity contribution is 7.81. The Labute approximate surface area is 98.1 Å². The summed E-state index contributed by atoms with van der Waals surface area (Å²) in [4.78, 5) is 13.2. The van der Waals surface area contributed by atoms with Gasteiger partial charge in [0.05, 0.1) is 5.02 Å². The molecule has 0 aliphatic carbocycles. The second kappa shape index (κ2) is 3.94. The van der Waals surface area contributed by atoms with Crippen LogP contribution >= 0.6 is 24.2 Å². The van der Waals surface area contributed by atoms with Gasteiger partial charge in [-0.05, 0) is 18.2 Å². The molecule has 1 unspecified atom stereocenters. The largest absolute Gasteiger partial charge is 0.506 e. The van der Waals surface area contributed by atoms with Crippen molar-refractivity contribution in [2.45, 2.75) is 11.7 Å². The lowest BCUT2D eigenvalue weighted by molar-refractivity contribution is -0.117. The molecule has 1 saturated heterocycles. The van der Waals surface area contributed by atoms with Gasteiger partial charge >= 0.3 is 0 Å². The molecule has 1 atom stereocenters.